The summed E-state index contributed by atoms with van der Waals surface area (Å²) in [6.07, 6.45) is -0.824. The molecule has 10 heteroatoms. The zero-order valence-electron chi connectivity index (χ0n) is 4.79. The Morgan fingerprint density at radius 1 is 1.45 bits per heavy atom. The van der Waals surface area contributed by atoms with Gasteiger partial charge in [-0.2, -0.15) is 0 Å². The second-order valence-corrected chi connectivity index (χ2v) is 3.86. The molecule has 0 saturated heterocycles. The molecule has 0 saturated carbocycles. The number of rotatable bonds is 3. The van der Waals surface area contributed by atoms with Gasteiger partial charge in [0.2, 0.25) is 0 Å². The molecule has 1 amide bonds. The maximum absolute atomic E-state index is 9.53. The van der Waals surface area contributed by atoms with Gasteiger partial charge in [-0.15, -0.1) is 0 Å². The number of carbonyl (C=O) groups is 1. The first kappa shape index (κ1) is 15.1. The van der Waals surface area contributed by atoms with Crippen molar-refractivity contribution in [3.05, 3.63) is 0 Å². The van der Waals surface area contributed by atoms with Crippen molar-refractivity contribution in [3.63, 3.8) is 0 Å². The predicted molar refractivity (Wildman–Crippen MR) is 37.0 cm³/mol. The molecule has 0 aromatic carbocycles. The third kappa shape index (κ3) is 24.5. The molecule has 0 radical (unpaired) electrons. The summed E-state index contributed by atoms with van der Waals surface area (Å²) in [7, 11) is 0. The third-order valence-corrected chi connectivity index (χ3v) is 1.57. The zero-order valence-corrected chi connectivity index (χ0v) is 11.3. The Morgan fingerprint density at radius 3 is 1.91 bits per heavy atom. The van der Waals surface area contributed by atoms with Crippen LogP contribution in [0.3, 0.4) is 0 Å². The Labute approximate surface area is 101 Å². The van der Waals surface area contributed by atoms with E-state index in [1.54, 1.807) is 0 Å². The first-order valence-corrected chi connectivity index (χ1v) is 5.81. The molecule has 0 heterocycles. The van der Waals surface area contributed by atoms with Gasteiger partial charge in [-0.05, 0) is 0 Å². The summed E-state index contributed by atoms with van der Waals surface area (Å²) in [5.74, 6) is 0. The quantitative estimate of drug-likeness (QED) is 0.330. The molecular formula is CH3Mo2NO4S3. The number of hydrogen-bond acceptors (Lipinski definition) is 7. The first-order valence-electron chi connectivity index (χ1n) is 1.71. The van der Waals surface area contributed by atoms with E-state index in [1.165, 1.54) is 40.4 Å². The van der Waals surface area contributed by atoms with Crippen molar-refractivity contribution in [2.45, 2.75) is 0 Å². The van der Waals surface area contributed by atoms with Gasteiger partial charge in [-0.3, -0.25) is 0 Å². The zero-order chi connectivity index (χ0) is 9.11. The summed E-state index contributed by atoms with van der Waals surface area (Å²) < 4.78 is 12.8. The molecule has 0 rings (SSSR count). The fraction of sp³-hybridized carbons (Fsp3) is 0. The number of amides is 1. The van der Waals surface area contributed by atoms with E-state index in [2.05, 4.69) is 27.3 Å². The van der Waals surface area contributed by atoms with Crippen LogP contribution in [0.4, 0.5) is 4.79 Å². The topological polar surface area (TPSA) is 70.8 Å². The molecule has 0 fully saturated rings. The molecule has 0 bridgehead atoms. The Morgan fingerprint density at radius 2 is 1.91 bits per heavy atom. The first-order chi connectivity index (χ1) is 5.18. The van der Waals surface area contributed by atoms with Gasteiger partial charge >= 0.3 is 64.5 Å². The van der Waals surface area contributed by atoms with Crippen molar-refractivity contribution in [1.29, 1.82) is 0 Å². The van der Waals surface area contributed by atoms with Crippen LogP contribution in [0.25, 0.3) is 0 Å². The van der Waals surface area contributed by atoms with Gasteiger partial charge in [0.05, 0.1) is 0 Å². The number of primary amides is 1. The standard InChI is InChI=1S/CH3NO2S2.2Mo.H2O2S/c2-1(3)4-6-5;;;1-3-2/h5H,(H2,2,3);;;1-2H/q;2*+1;/p-2. The van der Waals surface area contributed by atoms with Gasteiger partial charge in [0.25, 0.3) is 0 Å². The van der Waals surface area contributed by atoms with Gasteiger partial charge in [0, 0.05) is 0 Å². The van der Waals surface area contributed by atoms with Crippen molar-refractivity contribution in [2.75, 3.05) is 0 Å². The Kier molecular flexibility index (Phi) is 19.4. The van der Waals surface area contributed by atoms with E-state index in [4.69, 9.17) is 0 Å². The van der Waals surface area contributed by atoms with Crippen LogP contribution in [-0.2, 0) is 50.2 Å². The number of thiol groups is 1. The van der Waals surface area contributed by atoms with Crippen LogP contribution in [0.15, 0.2) is 0 Å². The molecule has 0 aromatic heterocycles. The monoisotopic (exact) mass is 385 g/mol. The number of nitrogens with two attached hydrogens (primary N) is 1. The Hall–Kier alpha value is 1.62. The molecule has 0 atom stereocenters. The molecule has 5 nitrogen and oxygen atoms in total. The summed E-state index contributed by atoms with van der Waals surface area (Å²) in [5.41, 5.74) is 4.47. The van der Waals surface area contributed by atoms with E-state index in [-0.39, 0.29) is 0 Å². The molecule has 0 aliphatic heterocycles. The predicted octanol–water partition coefficient (Wildman–Crippen LogP) is 1.08. The van der Waals surface area contributed by atoms with E-state index in [0.29, 0.717) is 11.1 Å². The molecule has 0 aliphatic carbocycles. The Balaban J connectivity index is 0. The average Bonchev–Trinajstić information content (AvgIpc) is 1.90. The van der Waals surface area contributed by atoms with Gasteiger partial charge in [0.15, 0.2) is 0 Å². The van der Waals surface area contributed by atoms with Crippen LogP contribution in [-0.4, -0.2) is 6.09 Å². The van der Waals surface area contributed by atoms with Crippen LogP contribution < -0.4 is 5.73 Å². The van der Waals surface area contributed by atoms with Crippen molar-refractivity contribution < 1.29 is 55.0 Å². The van der Waals surface area contributed by atoms with Crippen LogP contribution in [0, 0.1) is 0 Å². The molecule has 0 spiro atoms. The minimum atomic E-state index is -0.824. The summed E-state index contributed by atoms with van der Waals surface area (Å²) >= 11 is 8.04. The van der Waals surface area contributed by atoms with Crippen LogP contribution >= 0.6 is 35.1 Å². The fourth-order valence-electron chi connectivity index (χ4n) is 0.0481. The molecule has 66 valence electrons. The van der Waals surface area contributed by atoms with E-state index >= 15 is 0 Å². The van der Waals surface area contributed by atoms with Gasteiger partial charge < -0.3 is 9.92 Å². The second kappa shape index (κ2) is 14.2. The van der Waals surface area contributed by atoms with Crippen molar-refractivity contribution in [3.8, 4) is 0 Å². The summed E-state index contributed by atoms with van der Waals surface area (Å²) in [6, 6.07) is 0. The molecular weight excluding hydrogens is 378 g/mol. The Bertz CT molecular complexity index is 93.4. The minimum absolute atomic E-state index is 0.630. The number of hydrogen-bond donors (Lipinski definition) is 2. The SMILES string of the molecule is NC(=O)OSS.[Mo][O]S[O][Mo]. The van der Waals surface area contributed by atoms with Crippen LogP contribution in [0.5, 0.6) is 0 Å². The maximum atomic E-state index is 9.53. The molecule has 0 aliphatic rings. The molecule has 11 heavy (non-hydrogen) atoms. The molecule has 0 unspecified atom stereocenters. The van der Waals surface area contributed by atoms with Gasteiger partial charge in [-0.25, -0.2) is 4.79 Å². The van der Waals surface area contributed by atoms with Gasteiger partial charge in [-0.1, -0.05) is 11.7 Å². The average molecular weight is 381 g/mol. The fourth-order valence-corrected chi connectivity index (χ4v) is 1.52. The van der Waals surface area contributed by atoms with Gasteiger partial charge in [0.1, 0.15) is 11.1 Å². The molecule has 2 N–H and O–H groups in total. The van der Waals surface area contributed by atoms with Crippen molar-refractivity contribution >= 4 is 41.2 Å². The third-order valence-electron chi connectivity index (χ3n) is 0.175. The van der Waals surface area contributed by atoms with E-state index in [9.17, 15) is 4.79 Å². The van der Waals surface area contributed by atoms with Crippen molar-refractivity contribution in [1.82, 2.24) is 0 Å². The van der Waals surface area contributed by atoms with Crippen LogP contribution in [0.1, 0.15) is 0 Å². The second-order valence-electron chi connectivity index (χ2n) is 0.681. The summed E-state index contributed by atoms with van der Waals surface area (Å²) in [6.45, 7) is 0. The van der Waals surface area contributed by atoms with Crippen molar-refractivity contribution in [2.24, 2.45) is 5.73 Å². The van der Waals surface area contributed by atoms with E-state index in [0.717, 1.165) is 12.3 Å². The molecule has 0 aromatic rings. The normalized spacial score (nSPS) is 7.73. The van der Waals surface area contributed by atoms with E-state index < -0.39 is 6.09 Å². The summed E-state index contributed by atoms with van der Waals surface area (Å²) in [5, 5.41) is 0. The number of carbonyl (C=O) groups excluding carboxylic acids is 1. The summed E-state index contributed by atoms with van der Waals surface area (Å²) in [4.78, 5) is 9.53. The van der Waals surface area contributed by atoms with E-state index in [1.807, 2.05) is 0 Å². The van der Waals surface area contributed by atoms with Crippen LogP contribution in [0.2, 0.25) is 0 Å².